The molecule has 0 saturated carbocycles. The van der Waals surface area contributed by atoms with Crippen LogP contribution in [0, 0.1) is 11.8 Å². The SMILES string of the molecule is CC(C(=O)O)C1CN(C2CCc3cc(Br)ccc3C2)C1. The summed E-state index contributed by atoms with van der Waals surface area (Å²) in [6, 6.07) is 7.17. The minimum absolute atomic E-state index is 0.210. The van der Waals surface area contributed by atoms with Crippen molar-refractivity contribution in [1.29, 1.82) is 0 Å². The third-order valence-corrected chi connectivity index (χ3v) is 5.42. The first-order valence-electron chi connectivity index (χ1n) is 7.28. The predicted molar refractivity (Wildman–Crippen MR) is 81.8 cm³/mol. The molecular weight excluding hydrogens is 318 g/mol. The number of aryl methyl sites for hydroxylation is 1. The Balaban J connectivity index is 1.59. The summed E-state index contributed by atoms with van der Waals surface area (Å²) in [5.41, 5.74) is 2.92. The lowest BCUT2D eigenvalue weighted by Crippen LogP contribution is -2.56. The maximum absolute atomic E-state index is 11.0. The van der Waals surface area contributed by atoms with Gasteiger partial charge in [0, 0.05) is 23.6 Å². The topological polar surface area (TPSA) is 40.5 Å². The van der Waals surface area contributed by atoms with Crippen LogP contribution in [0.4, 0.5) is 0 Å². The average Bonchev–Trinajstić information content (AvgIpc) is 2.36. The molecule has 108 valence electrons. The Hall–Kier alpha value is -0.870. The number of hydrogen-bond acceptors (Lipinski definition) is 2. The van der Waals surface area contributed by atoms with Crippen LogP contribution in [0.3, 0.4) is 0 Å². The van der Waals surface area contributed by atoms with Gasteiger partial charge in [0.2, 0.25) is 0 Å². The Kier molecular flexibility index (Phi) is 3.87. The molecule has 0 radical (unpaired) electrons. The Labute approximate surface area is 128 Å². The quantitative estimate of drug-likeness (QED) is 0.921. The highest BCUT2D eigenvalue weighted by Crippen LogP contribution is 2.32. The van der Waals surface area contributed by atoms with Crippen molar-refractivity contribution in [3.05, 3.63) is 33.8 Å². The van der Waals surface area contributed by atoms with E-state index in [2.05, 4.69) is 39.0 Å². The fraction of sp³-hybridized carbons (Fsp3) is 0.562. The molecule has 0 amide bonds. The Morgan fingerprint density at radius 1 is 1.40 bits per heavy atom. The summed E-state index contributed by atoms with van der Waals surface area (Å²) < 4.78 is 1.16. The maximum atomic E-state index is 11.0. The van der Waals surface area contributed by atoms with Crippen LogP contribution in [-0.4, -0.2) is 35.1 Å². The number of carbonyl (C=O) groups is 1. The zero-order valence-electron chi connectivity index (χ0n) is 11.7. The van der Waals surface area contributed by atoms with Gasteiger partial charge in [-0.2, -0.15) is 0 Å². The van der Waals surface area contributed by atoms with Crippen molar-refractivity contribution >= 4 is 21.9 Å². The number of carboxylic acids is 1. The Bertz CT molecular complexity index is 525. The summed E-state index contributed by atoms with van der Waals surface area (Å²) in [6.07, 6.45) is 3.43. The molecule has 1 aromatic carbocycles. The smallest absolute Gasteiger partial charge is 0.306 e. The van der Waals surface area contributed by atoms with Crippen LogP contribution >= 0.6 is 15.9 Å². The van der Waals surface area contributed by atoms with Crippen molar-refractivity contribution in [3.8, 4) is 0 Å². The number of likely N-dealkylation sites (tertiary alicyclic amines) is 1. The molecule has 1 saturated heterocycles. The standard InChI is InChI=1S/C16H20BrNO2/c1-10(16(19)20)13-8-18(9-13)15-5-3-11-6-14(17)4-2-12(11)7-15/h2,4,6,10,13,15H,3,5,7-9H2,1H3,(H,19,20). The number of nitrogens with zero attached hydrogens (tertiary/aromatic N) is 1. The van der Waals surface area contributed by atoms with Crippen LogP contribution in [0.25, 0.3) is 0 Å². The lowest BCUT2D eigenvalue weighted by molar-refractivity contribution is -0.146. The molecule has 1 heterocycles. The molecule has 1 aliphatic heterocycles. The van der Waals surface area contributed by atoms with Crippen LogP contribution < -0.4 is 0 Å². The monoisotopic (exact) mass is 337 g/mol. The number of halogens is 1. The van der Waals surface area contributed by atoms with E-state index < -0.39 is 5.97 Å². The van der Waals surface area contributed by atoms with E-state index in [9.17, 15) is 4.79 Å². The van der Waals surface area contributed by atoms with E-state index in [-0.39, 0.29) is 5.92 Å². The fourth-order valence-corrected chi connectivity index (χ4v) is 3.79. The van der Waals surface area contributed by atoms with Gasteiger partial charge in [0.1, 0.15) is 0 Å². The van der Waals surface area contributed by atoms with Gasteiger partial charge in [-0.1, -0.05) is 28.9 Å². The van der Waals surface area contributed by atoms with Crippen LogP contribution in [0.2, 0.25) is 0 Å². The molecule has 2 unspecified atom stereocenters. The third-order valence-electron chi connectivity index (χ3n) is 4.92. The Morgan fingerprint density at radius 2 is 2.15 bits per heavy atom. The number of carboxylic acid groups (broad SMARTS) is 1. The molecule has 0 bridgehead atoms. The van der Waals surface area contributed by atoms with E-state index in [1.54, 1.807) is 0 Å². The largest absolute Gasteiger partial charge is 0.481 e. The molecule has 1 aromatic rings. The third kappa shape index (κ3) is 2.63. The van der Waals surface area contributed by atoms with E-state index >= 15 is 0 Å². The van der Waals surface area contributed by atoms with Crippen LogP contribution in [-0.2, 0) is 17.6 Å². The van der Waals surface area contributed by atoms with Gasteiger partial charge in [-0.25, -0.2) is 0 Å². The normalized spacial score (nSPS) is 24.8. The first-order valence-corrected chi connectivity index (χ1v) is 8.08. The minimum atomic E-state index is -0.659. The van der Waals surface area contributed by atoms with Gasteiger partial charge in [-0.15, -0.1) is 0 Å². The molecule has 1 aliphatic carbocycles. The number of aliphatic carboxylic acids is 1. The first kappa shape index (κ1) is 14.1. The summed E-state index contributed by atoms with van der Waals surface area (Å²) in [6.45, 7) is 3.73. The van der Waals surface area contributed by atoms with Crippen molar-refractivity contribution in [1.82, 2.24) is 4.90 Å². The highest BCUT2D eigenvalue weighted by molar-refractivity contribution is 9.10. The highest BCUT2D eigenvalue weighted by Gasteiger charge is 2.38. The van der Waals surface area contributed by atoms with Gasteiger partial charge in [0.25, 0.3) is 0 Å². The summed E-state index contributed by atoms with van der Waals surface area (Å²) in [4.78, 5) is 13.5. The molecule has 0 spiro atoms. The van der Waals surface area contributed by atoms with E-state index in [1.165, 1.54) is 17.5 Å². The molecule has 3 rings (SSSR count). The van der Waals surface area contributed by atoms with E-state index in [0.29, 0.717) is 12.0 Å². The van der Waals surface area contributed by atoms with Gasteiger partial charge in [-0.3, -0.25) is 9.69 Å². The van der Waals surface area contributed by atoms with Gasteiger partial charge < -0.3 is 5.11 Å². The zero-order chi connectivity index (χ0) is 14.3. The summed E-state index contributed by atoms with van der Waals surface area (Å²) in [5.74, 6) is -0.537. The second kappa shape index (κ2) is 5.49. The summed E-state index contributed by atoms with van der Waals surface area (Å²) in [5, 5.41) is 9.05. The molecule has 2 aliphatic rings. The number of benzene rings is 1. The number of rotatable bonds is 3. The van der Waals surface area contributed by atoms with Crippen molar-refractivity contribution in [2.45, 2.75) is 32.2 Å². The predicted octanol–water partition coefficient (Wildman–Crippen LogP) is 2.96. The fourth-order valence-electron chi connectivity index (χ4n) is 3.38. The first-order chi connectivity index (χ1) is 9.54. The maximum Gasteiger partial charge on any atom is 0.306 e. The number of hydrogen-bond donors (Lipinski definition) is 1. The highest BCUT2D eigenvalue weighted by atomic mass is 79.9. The second-order valence-corrected chi connectivity index (χ2v) is 7.07. The number of fused-ring (bicyclic) bond motifs is 1. The molecule has 1 fully saturated rings. The molecule has 4 heteroatoms. The van der Waals surface area contributed by atoms with Crippen LogP contribution in [0.15, 0.2) is 22.7 Å². The lowest BCUT2D eigenvalue weighted by Gasteiger charge is -2.47. The van der Waals surface area contributed by atoms with E-state index in [1.807, 2.05) is 6.92 Å². The molecule has 20 heavy (non-hydrogen) atoms. The molecular formula is C16H20BrNO2. The van der Waals surface area contributed by atoms with Crippen LogP contribution in [0.1, 0.15) is 24.5 Å². The van der Waals surface area contributed by atoms with Gasteiger partial charge in [-0.05, 0) is 48.4 Å². The molecule has 3 nitrogen and oxygen atoms in total. The second-order valence-electron chi connectivity index (χ2n) is 6.15. The van der Waals surface area contributed by atoms with Gasteiger partial charge in [0.05, 0.1) is 5.92 Å². The minimum Gasteiger partial charge on any atom is -0.481 e. The summed E-state index contributed by atoms with van der Waals surface area (Å²) in [7, 11) is 0. The van der Waals surface area contributed by atoms with E-state index in [4.69, 9.17) is 5.11 Å². The molecule has 1 N–H and O–H groups in total. The van der Waals surface area contributed by atoms with Crippen molar-refractivity contribution in [2.75, 3.05) is 13.1 Å². The lowest BCUT2D eigenvalue weighted by atomic mass is 9.81. The van der Waals surface area contributed by atoms with Crippen molar-refractivity contribution in [3.63, 3.8) is 0 Å². The van der Waals surface area contributed by atoms with E-state index in [0.717, 1.165) is 30.4 Å². The van der Waals surface area contributed by atoms with Crippen molar-refractivity contribution < 1.29 is 9.90 Å². The average molecular weight is 338 g/mol. The van der Waals surface area contributed by atoms with Gasteiger partial charge >= 0.3 is 5.97 Å². The molecule has 2 atom stereocenters. The van der Waals surface area contributed by atoms with Crippen LogP contribution in [0.5, 0.6) is 0 Å². The zero-order valence-corrected chi connectivity index (χ0v) is 13.3. The summed E-state index contributed by atoms with van der Waals surface area (Å²) >= 11 is 3.53. The van der Waals surface area contributed by atoms with Gasteiger partial charge in [0.15, 0.2) is 0 Å². The van der Waals surface area contributed by atoms with Crippen molar-refractivity contribution in [2.24, 2.45) is 11.8 Å². The Morgan fingerprint density at radius 3 is 2.85 bits per heavy atom. The molecule has 0 aromatic heterocycles.